The van der Waals surface area contributed by atoms with E-state index in [0.29, 0.717) is 33.9 Å². The summed E-state index contributed by atoms with van der Waals surface area (Å²) in [6.45, 7) is 8.51. The van der Waals surface area contributed by atoms with Crippen LogP contribution in [0.4, 0.5) is 0 Å². The molecule has 0 spiro atoms. The SMILES string of the molecule is Cc1onc(-c2ccccc2Cl)c1C(=O)N1CCC(Cn2ccnc2C(C)C)CC1. The Balaban J connectivity index is 1.46. The highest BCUT2D eigenvalue weighted by Gasteiger charge is 2.30. The van der Waals surface area contributed by atoms with Crippen LogP contribution in [0.5, 0.6) is 0 Å². The summed E-state index contributed by atoms with van der Waals surface area (Å²) in [5.74, 6) is 2.55. The summed E-state index contributed by atoms with van der Waals surface area (Å²) in [5.41, 5.74) is 1.75. The highest BCUT2D eigenvalue weighted by atomic mass is 35.5. The molecule has 7 heteroatoms. The zero-order valence-corrected chi connectivity index (χ0v) is 18.4. The van der Waals surface area contributed by atoms with E-state index in [4.69, 9.17) is 16.1 Å². The molecule has 3 heterocycles. The molecular weight excluding hydrogens is 400 g/mol. The van der Waals surface area contributed by atoms with Crippen molar-refractivity contribution >= 4 is 17.5 Å². The topological polar surface area (TPSA) is 64.2 Å². The van der Waals surface area contributed by atoms with Crippen molar-refractivity contribution in [2.45, 2.75) is 46.1 Å². The van der Waals surface area contributed by atoms with Gasteiger partial charge in [-0.1, -0.05) is 48.8 Å². The molecule has 30 heavy (non-hydrogen) atoms. The molecule has 0 unspecified atom stereocenters. The van der Waals surface area contributed by atoms with Gasteiger partial charge < -0.3 is 14.0 Å². The number of hydrogen-bond donors (Lipinski definition) is 0. The van der Waals surface area contributed by atoms with E-state index in [2.05, 4.69) is 34.8 Å². The lowest BCUT2D eigenvalue weighted by Crippen LogP contribution is -2.39. The van der Waals surface area contributed by atoms with E-state index in [1.54, 1.807) is 13.0 Å². The molecule has 1 aliphatic heterocycles. The van der Waals surface area contributed by atoms with E-state index in [9.17, 15) is 4.79 Å². The minimum absolute atomic E-state index is 0.0346. The van der Waals surface area contributed by atoms with Gasteiger partial charge in [0.2, 0.25) is 0 Å². The molecular formula is C23H27ClN4O2. The molecule has 1 saturated heterocycles. The number of rotatable bonds is 5. The Hall–Kier alpha value is -2.60. The fourth-order valence-corrected chi connectivity index (χ4v) is 4.42. The van der Waals surface area contributed by atoms with Gasteiger partial charge in [-0.2, -0.15) is 0 Å². The Kier molecular flexibility index (Phi) is 5.95. The van der Waals surface area contributed by atoms with Crippen LogP contribution in [0, 0.1) is 12.8 Å². The highest BCUT2D eigenvalue weighted by molar-refractivity contribution is 6.33. The lowest BCUT2D eigenvalue weighted by Gasteiger charge is -2.32. The van der Waals surface area contributed by atoms with Gasteiger partial charge in [0.15, 0.2) is 0 Å². The number of halogens is 1. The van der Waals surface area contributed by atoms with Crippen LogP contribution in [0.2, 0.25) is 5.02 Å². The molecule has 6 nitrogen and oxygen atoms in total. The van der Waals surface area contributed by atoms with Crippen molar-refractivity contribution < 1.29 is 9.32 Å². The van der Waals surface area contributed by atoms with Gasteiger partial charge in [0.05, 0.1) is 5.02 Å². The predicted molar refractivity (Wildman–Crippen MR) is 117 cm³/mol. The summed E-state index contributed by atoms with van der Waals surface area (Å²) in [4.78, 5) is 19.7. The number of carbonyl (C=O) groups excluding carboxylic acids is 1. The van der Waals surface area contributed by atoms with E-state index in [1.165, 1.54) is 0 Å². The van der Waals surface area contributed by atoms with E-state index in [-0.39, 0.29) is 5.91 Å². The van der Waals surface area contributed by atoms with Crippen molar-refractivity contribution in [2.24, 2.45) is 5.92 Å². The quantitative estimate of drug-likeness (QED) is 0.564. The first-order valence-corrected chi connectivity index (χ1v) is 10.8. The molecule has 1 fully saturated rings. The van der Waals surface area contributed by atoms with Crippen molar-refractivity contribution in [2.75, 3.05) is 13.1 Å². The first-order valence-electron chi connectivity index (χ1n) is 10.5. The van der Waals surface area contributed by atoms with Crippen molar-refractivity contribution in [3.8, 4) is 11.3 Å². The minimum Gasteiger partial charge on any atom is -0.360 e. The van der Waals surface area contributed by atoms with Gasteiger partial charge in [-0.25, -0.2) is 4.98 Å². The fraction of sp³-hybridized carbons (Fsp3) is 0.435. The molecule has 1 aromatic carbocycles. The second-order valence-electron chi connectivity index (χ2n) is 8.27. The number of hydrogen-bond acceptors (Lipinski definition) is 4. The standard InChI is InChI=1S/C23H27ClN4O2/c1-15(2)22-25-10-13-28(22)14-17-8-11-27(12-9-17)23(29)20-16(3)30-26-21(20)18-6-4-5-7-19(18)24/h4-7,10,13,15,17H,8-9,11-12,14H2,1-3H3. The van der Waals surface area contributed by atoms with Crippen LogP contribution in [-0.4, -0.2) is 38.6 Å². The molecule has 4 rings (SSSR count). The summed E-state index contributed by atoms with van der Waals surface area (Å²) in [6, 6.07) is 7.39. The summed E-state index contributed by atoms with van der Waals surface area (Å²) < 4.78 is 7.63. The van der Waals surface area contributed by atoms with Crippen LogP contribution in [0.1, 0.15) is 54.5 Å². The van der Waals surface area contributed by atoms with Crippen molar-refractivity contribution in [1.29, 1.82) is 0 Å². The predicted octanol–water partition coefficient (Wildman–Crippen LogP) is 5.18. The van der Waals surface area contributed by atoms with Crippen LogP contribution in [0.25, 0.3) is 11.3 Å². The van der Waals surface area contributed by atoms with Gasteiger partial charge in [-0.15, -0.1) is 0 Å². The third kappa shape index (κ3) is 4.01. The molecule has 2 aromatic heterocycles. The molecule has 0 radical (unpaired) electrons. The van der Waals surface area contributed by atoms with Crippen LogP contribution >= 0.6 is 11.6 Å². The lowest BCUT2D eigenvalue weighted by atomic mass is 9.95. The highest BCUT2D eigenvalue weighted by Crippen LogP contribution is 2.32. The molecule has 0 saturated carbocycles. The van der Waals surface area contributed by atoms with Gasteiger partial charge in [0.1, 0.15) is 22.8 Å². The monoisotopic (exact) mass is 426 g/mol. The molecule has 0 N–H and O–H groups in total. The smallest absolute Gasteiger partial charge is 0.259 e. The number of imidazole rings is 1. The van der Waals surface area contributed by atoms with Gasteiger partial charge in [0, 0.05) is 43.5 Å². The van der Waals surface area contributed by atoms with Crippen LogP contribution in [-0.2, 0) is 6.54 Å². The molecule has 0 atom stereocenters. The van der Waals surface area contributed by atoms with E-state index in [0.717, 1.165) is 43.9 Å². The summed E-state index contributed by atoms with van der Waals surface area (Å²) in [6.07, 6.45) is 5.86. The average molecular weight is 427 g/mol. The molecule has 158 valence electrons. The maximum atomic E-state index is 13.3. The molecule has 1 amide bonds. The fourth-order valence-electron chi connectivity index (χ4n) is 4.19. The summed E-state index contributed by atoms with van der Waals surface area (Å²) >= 11 is 6.34. The summed E-state index contributed by atoms with van der Waals surface area (Å²) in [5, 5.41) is 4.69. The Morgan fingerprint density at radius 3 is 2.70 bits per heavy atom. The van der Waals surface area contributed by atoms with Crippen LogP contribution in [0.3, 0.4) is 0 Å². The lowest BCUT2D eigenvalue weighted by molar-refractivity contribution is 0.0681. The van der Waals surface area contributed by atoms with Crippen molar-refractivity contribution in [1.82, 2.24) is 19.6 Å². The second-order valence-corrected chi connectivity index (χ2v) is 8.68. The maximum absolute atomic E-state index is 13.3. The molecule has 3 aromatic rings. The minimum atomic E-state index is -0.0346. The zero-order chi connectivity index (χ0) is 21.3. The Morgan fingerprint density at radius 2 is 2.00 bits per heavy atom. The number of carbonyl (C=O) groups is 1. The van der Waals surface area contributed by atoms with Gasteiger partial charge in [-0.05, 0) is 31.7 Å². The van der Waals surface area contributed by atoms with Crippen molar-refractivity contribution in [3.05, 3.63) is 58.8 Å². The number of likely N-dealkylation sites (tertiary alicyclic amines) is 1. The normalized spacial score (nSPS) is 15.2. The van der Waals surface area contributed by atoms with Crippen LogP contribution in [0.15, 0.2) is 41.2 Å². The Labute approximate surface area is 181 Å². The largest absolute Gasteiger partial charge is 0.360 e. The molecule has 0 aliphatic carbocycles. The van der Waals surface area contributed by atoms with Gasteiger partial charge in [0.25, 0.3) is 5.91 Å². The van der Waals surface area contributed by atoms with E-state index >= 15 is 0 Å². The van der Waals surface area contributed by atoms with Gasteiger partial charge >= 0.3 is 0 Å². The van der Waals surface area contributed by atoms with Crippen LogP contribution < -0.4 is 0 Å². The number of amides is 1. The zero-order valence-electron chi connectivity index (χ0n) is 17.6. The first-order chi connectivity index (χ1) is 14.5. The number of nitrogens with zero attached hydrogens (tertiary/aromatic N) is 4. The molecule has 1 aliphatic rings. The number of aryl methyl sites for hydroxylation is 1. The van der Waals surface area contributed by atoms with E-state index in [1.807, 2.05) is 29.3 Å². The maximum Gasteiger partial charge on any atom is 0.259 e. The second kappa shape index (κ2) is 8.64. The summed E-state index contributed by atoms with van der Waals surface area (Å²) in [7, 11) is 0. The number of benzene rings is 1. The molecule has 0 bridgehead atoms. The third-order valence-corrected chi connectivity index (χ3v) is 6.16. The van der Waals surface area contributed by atoms with Gasteiger partial charge in [-0.3, -0.25) is 4.79 Å². The number of piperidine rings is 1. The number of aromatic nitrogens is 3. The van der Waals surface area contributed by atoms with Crippen molar-refractivity contribution in [3.63, 3.8) is 0 Å². The average Bonchev–Trinajstić information content (AvgIpc) is 3.35. The Bertz CT molecular complexity index is 1030. The first kappa shape index (κ1) is 20.7. The third-order valence-electron chi connectivity index (χ3n) is 5.83. The Morgan fingerprint density at radius 1 is 1.27 bits per heavy atom. The van der Waals surface area contributed by atoms with E-state index < -0.39 is 0 Å².